The van der Waals surface area contributed by atoms with Crippen LogP contribution in [0.1, 0.15) is 0 Å². The molecule has 0 atom stereocenters. The highest BCUT2D eigenvalue weighted by atomic mass is 19.1. The second-order valence-corrected chi connectivity index (χ2v) is 2.34. The smallest absolute Gasteiger partial charge is 0.125 e. The summed E-state index contributed by atoms with van der Waals surface area (Å²) in [7, 11) is 1.43. The van der Waals surface area contributed by atoms with E-state index in [1.807, 2.05) is 0 Å². The Morgan fingerprint density at radius 3 is 3.00 bits per heavy atom. The summed E-state index contributed by atoms with van der Waals surface area (Å²) in [4.78, 5) is 4.40. The minimum absolute atomic E-state index is 0.309. The molecule has 1 aromatic rings. The molecule has 0 fully saturated rings. The van der Waals surface area contributed by atoms with Gasteiger partial charge >= 0.3 is 0 Å². The van der Waals surface area contributed by atoms with Gasteiger partial charge < -0.3 is 4.84 Å². The zero-order valence-electron chi connectivity index (χ0n) is 7.64. The SMILES string of the molecule is CON=CC=NNc1cccc(F)c1. The fourth-order valence-electron chi connectivity index (χ4n) is 0.791. The van der Waals surface area contributed by atoms with Gasteiger partial charge in [0.15, 0.2) is 0 Å². The van der Waals surface area contributed by atoms with Crippen LogP contribution in [0.4, 0.5) is 10.1 Å². The van der Waals surface area contributed by atoms with Crippen LogP contribution in [-0.2, 0) is 4.84 Å². The predicted octanol–water partition coefficient (Wildman–Crippen LogP) is 1.86. The fourth-order valence-corrected chi connectivity index (χ4v) is 0.791. The highest BCUT2D eigenvalue weighted by molar-refractivity contribution is 6.15. The summed E-state index contributed by atoms with van der Waals surface area (Å²) in [6, 6.07) is 6.00. The number of benzene rings is 1. The number of anilines is 1. The fraction of sp³-hybridized carbons (Fsp3) is 0.111. The first-order valence-corrected chi connectivity index (χ1v) is 3.92. The quantitative estimate of drug-likeness (QED) is 0.588. The zero-order valence-corrected chi connectivity index (χ0v) is 7.64. The van der Waals surface area contributed by atoms with Gasteiger partial charge in [-0.3, -0.25) is 5.43 Å². The first kappa shape index (κ1) is 10.2. The summed E-state index contributed by atoms with van der Waals surface area (Å²) in [6.45, 7) is 0. The van der Waals surface area contributed by atoms with Crippen molar-refractivity contribution in [2.75, 3.05) is 12.5 Å². The van der Waals surface area contributed by atoms with Crippen LogP contribution in [0.5, 0.6) is 0 Å². The summed E-state index contributed by atoms with van der Waals surface area (Å²) in [5.41, 5.74) is 3.20. The van der Waals surface area contributed by atoms with Crippen molar-refractivity contribution < 1.29 is 9.23 Å². The summed E-state index contributed by atoms with van der Waals surface area (Å²) in [5, 5.41) is 7.18. The first-order chi connectivity index (χ1) is 6.83. The molecular formula is C9H10FN3O. The van der Waals surface area contributed by atoms with Crippen molar-refractivity contribution in [2.45, 2.75) is 0 Å². The van der Waals surface area contributed by atoms with Gasteiger partial charge in [0.1, 0.15) is 12.9 Å². The lowest BCUT2D eigenvalue weighted by Gasteiger charge is -1.97. The van der Waals surface area contributed by atoms with E-state index >= 15 is 0 Å². The summed E-state index contributed by atoms with van der Waals surface area (Å²) in [6.07, 6.45) is 2.76. The van der Waals surface area contributed by atoms with Crippen LogP contribution in [-0.4, -0.2) is 19.5 Å². The molecular weight excluding hydrogens is 185 g/mol. The number of nitrogens with zero attached hydrogens (tertiary/aromatic N) is 2. The van der Waals surface area contributed by atoms with Crippen molar-refractivity contribution in [3.8, 4) is 0 Å². The monoisotopic (exact) mass is 195 g/mol. The maximum atomic E-state index is 12.7. The highest BCUT2D eigenvalue weighted by Crippen LogP contribution is 2.08. The second kappa shape index (κ2) is 5.69. The number of hydrazone groups is 1. The van der Waals surface area contributed by atoms with E-state index in [2.05, 4.69) is 20.5 Å². The van der Waals surface area contributed by atoms with E-state index in [4.69, 9.17) is 0 Å². The van der Waals surface area contributed by atoms with Crippen LogP contribution in [0.3, 0.4) is 0 Å². The maximum Gasteiger partial charge on any atom is 0.125 e. The molecule has 4 nitrogen and oxygen atoms in total. The van der Waals surface area contributed by atoms with E-state index in [9.17, 15) is 4.39 Å². The van der Waals surface area contributed by atoms with E-state index in [0.717, 1.165) is 0 Å². The van der Waals surface area contributed by atoms with Gasteiger partial charge in [-0.15, -0.1) is 0 Å². The Balaban J connectivity index is 2.45. The van der Waals surface area contributed by atoms with E-state index in [0.29, 0.717) is 5.69 Å². The number of rotatable bonds is 4. The third-order valence-corrected chi connectivity index (χ3v) is 1.33. The Labute approximate surface area is 81.1 Å². The molecule has 0 saturated heterocycles. The lowest BCUT2D eigenvalue weighted by molar-refractivity contribution is 0.216. The van der Waals surface area contributed by atoms with Crippen molar-refractivity contribution in [3.63, 3.8) is 0 Å². The topological polar surface area (TPSA) is 46.0 Å². The molecule has 1 aromatic carbocycles. The minimum Gasteiger partial charge on any atom is -0.399 e. The van der Waals surface area contributed by atoms with Crippen LogP contribution in [0.25, 0.3) is 0 Å². The van der Waals surface area contributed by atoms with E-state index < -0.39 is 0 Å². The molecule has 0 spiro atoms. The Hall–Kier alpha value is -1.91. The Kier molecular flexibility index (Phi) is 4.13. The minimum atomic E-state index is -0.309. The van der Waals surface area contributed by atoms with Crippen LogP contribution in [0, 0.1) is 5.82 Å². The predicted molar refractivity (Wildman–Crippen MR) is 54.0 cm³/mol. The maximum absolute atomic E-state index is 12.7. The molecule has 0 amide bonds. The number of oxime groups is 1. The number of halogens is 1. The van der Waals surface area contributed by atoms with E-state index in [1.165, 1.54) is 31.7 Å². The number of hydrogen-bond donors (Lipinski definition) is 1. The van der Waals surface area contributed by atoms with Crippen LogP contribution in [0.2, 0.25) is 0 Å². The van der Waals surface area contributed by atoms with Crippen molar-refractivity contribution in [1.29, 1.82) is 0 Å². The molecule has 1 N–H and O–H groups in total. The average Bonchev–Trinajstić information content (AvgIpc) is 2.18. The molecule has 0 aliphatic rings. The third-order valence-electron chi connectivity index (χ3n) is 1.33. The Morgan fingerprint density at radius 1 is 1.43 bits per heavy atom. The molecule has 0 saturated carbocycles. The molecule has 0 heterocycles. The van der Waals surface area contributed by atoms with Crippen LogP contribution in [0.15, 0.2) is 34.5 Å². The lowest BCUT2D eigenvalue weighted by Crippen LogP contribution is -1.90. The van der Waals surface area contributed by atoms with Crippen molar-refractivity contribution in [1.82, 2.24) is 0 Å². The number of nitrogens with one attached hydrogen (secondary N) is 1. The first-order valence-electron chi connectivity index (χ1n) is 3.92. The molecule has 5 heteroatoms. The zero-order chi connectivity index (χ0) is 10.2. The summed E-state index contributed by atoms with van der Waals surface area (Å²) >= 11 is 0. The molecule has 0 radical (unpaired) electrons. The number of hydrogen-bond acceptors (Lipinski definition) is 4. The van der Waals surface area contributed by atoms with Crippen molar-refractivity contribution in [3.05, 3.63) is 30.1 Å². The second-order valence-electron chi connectivity index (χ2n) is 2.34. The molecule has 0 unspecified atom stereocenters. The van der Waals surface area contributed by atoms with Gasteiger partial charge in [0, 0.05) is 0 Å². The van der Waals surface area contributed by atoms with E-state index in [1.54, 1.807) is 12.1 Å². The molecule has 1 rings (SSSR count). The van der Waals surface area contributed by atoms with Crippen molar-refractivity contribution in [2.24, 2.45) is 10.3 Å². The largest absolute Gasteiger partial charge is 0.399 e. The van der Waals surface area contributed by atoms with Crippen LogP contribution >= 0.6 is 0 Å². The summed E-state index contributed by atoms with van der Waals surface area (Å²) < 4.78 is 12.7. The Bertz CT molecular complexity index is 339. The molecule has 0 aliphatic heterocycles. The van der Waals surface area contributed by atoms with Gasteiger partial charge in [-0.1, -0.05) is 11.2 Å². The Morgan fingerprint density at radius 2 is 2.29 bits per heavy atom. The van der Waals surface area contributed by atoms with Gasteiger partial charge in [-0.05, 0) is 18.2 Å². The third kappa shape index (κ3) is 3.66. The van der Waals surface area contributed by atoms with Crippen LogP contribution < -0.4 is 5.43 Å². The highest BCUT2D eigenvalue weighted by Gasteiger charge is 1.90. The van der Waals surface area contributed by atoms with Gasteiger partial charge in [-0.25, -0.2) is 4.39 Å². The molecule has 0 aromatic heterocycles. The van der Waals surface area contributed by atoms with Gasteiger partial charge in [0.05, 0.1) is 18.1 Å². The molecule has 14 heavy (non-hydrogen) atoms. The van der Waals surface area contributed by atoms with Gasteiger partial charge in [0.25, 0.3) is 0 Å². The molecule has 74 valence electrons. The molecule has 0 aliphatic carbocycles. The van der Waals surface area contributed by atoms with Gasteiger partial charge in [0.2, 0.25) is 0 Å². The summed E-state index contributed by atoms with van der Waals surface area (Å²) in [5.74, 6) is -0.309. The lowest BCUT2D eigenvalue weighted by atomic mass is 10.3. The average molecular weight is 195 g/mol. The van der Waals surface area contributed by atoms with Crippen molar-refractivity contribution >= 4 is 18.1 Å². The normalized spacial score (nSPS) is 11.0. The molecule has 0 bridgehead atoms. The standard InChI is InChI=1S/C9H10FN3O/c1-14-12-6-5-11-13-9-4-2-3-8(10)7-9/h2-7,13H,1H3. The van der Waals surface area contributed by atoms with E-state index in [-0.39, 0.29) is 5.82 Å². The van der Waals surface area contributed by atoms with Gasteiger partial charge in [-0.2, -0.15) is 5.10 Å².